The third-order valence-electron chi connectivity index (χ3n) is 4.69. The van der Waals surface area contributed by atoms with Gasteiger partial charge in [-0.05, 0) is 31.0 Å². The third kappa shape index (κ3) is 3.31. The van der Waals surface area contributed by atoms with E-state index in [0.717, 1.165) is 0 Å². The molecule has 1 aromatic carbocycles. The Balaban J connectivity index is 2.07. The predicted molar refractivity (Wildman–Crippen MR) is 91.3 cm³/mol. The molecule has 26 heavy (non-hydrogen) atoms. The molecule has 1 fully saturated rings. The van der Waals surface area contributed by atoms with Gasteiger partial charge < -0.3 is 10.1 Å². The minimum atomic E-state index is -3.22. The minimum absolute atomic E-state index is 0.00436. The summed E-state index contributed by atoms with van der Waals surface area (Å²) in [6.45, 7) is 1.57. The van der Waals surface area contributed by atoms with Crippen LogP contribution in [0.1, 0.15) is 24.9 Å². The Hall–Kier alpha value is -2.42. The van der Waals surface area contributed by atoms with E-state index >= 15 is 0 Å². The van der Waals surface area contributed by atoms with Crippen LogP contribution in [0.15, 0.2) is 35.5 Å². The first kappa shape index (κ1) is 18.4. The number of urea groups is 1. The Kier molecular flexibility index (Phi) is 4.74. The summed E-state index contributed by atoms with van der Waals surface area (Å²) in [7, 11) is -2.00. The lowest BCUT2D eigenvalue weighted by atomic mass is 9.94. The molecule has 1 aromatic rings. The Bertz CT molecular complexity index is 896. The molecule has 2 aliphatic heterocycles. The van der Waals surface area contributed by atoms with Gasteiger partial charge >= 0.3 is 12.0 Å². The lowest BCUT2D eigenvalue weighted by Gasteiger charge is -2.38. The van der Waals surface area contributed by atoms with Crippen molar-refractivity contribution in [2.24, 2.45) is 0 Å². The molecule has 2 aliphatic rings. The summed E-state index contributed by atoms with van der Waals surface area (Å²) in [6.07, 6.45) is 0.298. The lowest BCUT2D eigenvalue weighted by molar-refractivity contribution is -0.136. The quantitative estimate of drug-likeness (QED) is 0.801. The van der Waals surface area contributed by atoms with Crippen LogP contribution in [-0.4, -0.2) is 50.0 Å². The van der Waals surface area contributed by atoms with Crippen LogP contribution in [0.5, 0.6) is 0 Å². The maximum Gasteiger partial charge on any atom is 0.337 e. The Morgan fingerprint density at radius 1 is 1.38 bits per heavy atom. The van der Waals surface area contributed by atoms with E-state index in [0.29, 0.717) is 17.7 Å². The summed E-state index contributed by atoms with van der Waals surface area (Å²) in [6, 6.07) is 3.63. The molecular formula is C17H19FN2O5S. The van der Waals surface area contributed by atoms with E-state index in [4.69, 9.17) is 4.74 Å². The smallest absolute Gasteiger partial charge is 0.337 e. The first-order chi connectivity index (χ1) is 12.2. The van der Waals surface area contributed by atoms with E-state index in [9.17, 15) is 22.4 Å². The molecule has 0 saturated carbocycles. The Morgan fingerprint density at radius 3 is 2.69 bits per heavy atom. The van der Waals surface area contributed by atoms with Gasteiger partial charge in [0.05, 0.1) is 36.3 Å². The molecule has 2 atom stereocenters. The minimum Gasteiger partial charge on any atom is -0.466 e. The van der Waals surface area contributed by atoms with Crippen molar-refractivity contribution in [2.45, 2.75) is 25.4 Å². The first-order valence-corrected chi connectivity index (χ1v) is 9.90. The number of nitrogens with zero attached hydrogens (tertiary/aromatic N) is 1. The van der Waals surface area contributed by atoms with Gasteiger partial charge in [-0.1, -0.05) is 12.1 Å². The van der Waals surface area contributed by atoms with Crippen LogP contribution in [0.4, 0.5) is 9.18 Å². The van der Waals surface area contributed by atoms with E-state index in [-0.39, 0.29) is 17.1 Å². The lowest BCUT2D eigenvalue weighted by Crippen LogP contribution is -2.52. The molecule has 0 spiro atoms. The molecule has 2 amide bonds. The van der Waals surface area contributed by atoms with Gasteiger partial charge in [-0.3, -0.25) is 4.90 Å². The molecule has 3 rings (SSSR count). The summed E-state index contributed by atoms with van der Waals surface area (Å²) in [5.74, 6) is -1.32. The molecule has 2 heterocycles. The van der Waals surface area contributed by atoms with Crippen molar-refractivity contribution in [3.8, 4) is 0 Å². The van der Waals surface area contributed by atoms with Crippen LogP contribution in [0.3, 0.4) is 0 Å². The third-order valence-corrected chi connectivity index (χ3v) is 6.44. The van der Waals surface area contributed by atoms with Gasteiger partial charge in [-0.25, -0.2) is 22.4 Å². The second-order valence-corrected chi connectivity index (χ2v) is 8.58. The number of nitrogens with one attached hydrogen (secondary N) is 1. The highest BCUT2D eigenvalue weighted by Crippen LogP contribution is 2.34. The van der Waals surface area contributed by atoms with E-state index in [1.165, 1.54) is 30.2 Å². The van der Waals surface area contributed by atoms with Crippen molar-refractivity contribution in [2.75, 3.05) is 18.6 Å². The van der Waals surface area contributed by atoms with Gasteiger partial charge in [-0.2, -0.15) is 0 Å². The number of amides is 2. The molecule has 2 unspecified atom stereocenters. The SMILES string of the molecule is COC(=O)C1=C(C)N(C2CCS(=O)(=O)C2)C(=O)NC1c1cccc(F)c1. The summed E-state index contributed by atoms with van der Waals surface area (Å²) in [5, 5.41) is 2.68. The van der Waals surface area contributed by atoms with Crippen molar-refractivity contribution in [1.29, 1.82) is 0 Å². The summed E-state index contributed by atoms with van der Waals surface area (Å²) < 4.78 is 42.0. The number of hydrogen-bond donors (Lipinski definition) is 1. The van der Waals surface area contributed by atoms with E-state index in [1.807, 2.05) is 0 Å². The summed E-state index contributed by atoms with van der Waals surface area (Å²) in [5.41, 5.74) is 0.871. The van der Waals surface area contributed by atoms with Crippen molar-refractivity contribution in [3.63, 3.8) is 0 Å². The number of methoxy groups -OCH3 is 1. The second-order valence-electron chi connectivity index (χ2n) is 6.36. The molecule has 7 nitrogen and oxygen atoms in total. The van der Waals surface area contributed by atoms with Gasteiger partial charge in [0, 0.05) is 5.70 Å². The van der Waals surface area contributed by atoms with Crippen molar-refractivity contribution >= 4 is 21.8 Å². The highest BCUT2D eigenvalue weighted by molar-refractivity contribution is 7.91. The highest BCUT2D eigenvalue weighted by atomic mass is 32.2. The fourth-order valence-corrected chi connectivity index (χ4v) is 5.19. The van der Waals surface area contributed by atoms with Crippen LogP contribution >= 0.6 is 0 Å². The van der Waals surface area contributed by atoms with E-state index < -0.39 is 39.7 Å². The van der Waals surface area contributed by atoms with Crippen LogP contribution in [0, 0.1) is 5.82 Å². The number of allylic oxidation sites excluding steroid dienone is 1. The van der Waals surface area contributed by atoms with Crippen LogP contribution in [-0.2, 0) is 19.4 Å². The maximum absolute atomic E-state index is 13.6. The zero-order valence-corrected chi connectivity index (χ0v) is 15.2. The van der Waals surface area contributed by atoms with Gasteiger partial charge in [0.2, 0.25) is 0 Å². The Labute approximate surface area is 150 Å². The molecule has 9 heteroatoms. The van der Waals surface area contributed by atoms with Crippen LogP contribution < -0.4 is 5.32 Å². The maximum atomic E-state index is 13.6. The molecular weight excluding hydrogens is 363 g/mol. The summed E-state index contributed by atoms with van der Waals surface area (Å²) >= 11 is 0. The summed E-state index contributed by atoms with van der Waals surface area (Å²) in [4.78, 5) is 26.3. The van der Waals surface area contributed by atoms with Crippen LogP contribution in [0.25, 0.3) is 0 Å². The van der Waals surface area contributed by atoms with Crippen molar-refractivity contribution < 1.29 is 27.1 Å². The van der Waals surface area contributed by atoms with Crippen LogP contribution in [0.2, 0.25) is 0 Å². The zero-order chi connectivity index (χ0) is 19.1. The number of ether oxygens (including phenoxy) is 1. The standard InChI is InChI=1S/C17H19FN2O5S/c1-10-14(16(21)25-2)15(11-4-3-5-12(18)8-11)19-17(22)20(10)13-6-7-26(23,24)9-13/h3-5,8,13,15H,6-7,9H2,1-2H3,(H,19,22). The Morgan fingerprint density at radius 2 is 2.12 bits per heavy atom. The number of rotatable bonds is 3. The number of carbonyl (C=O) groups is 2. The molecule has 140 valence electrons. The normalized spacial score (nSPS) is 25.2. The fraction of sp³-hybridized carbons (Fsp3) is 0.412. The van der Waals surface area contributed by atoms with Gasteiger partial charge in [-0.15, -0.1) is 0 Å². The molecule has 0 bridgehead atoms. The number of esters is 1. The van der Waals surface area contributed by atoms with E-state index in [2.05, 4.69) is 5.32 Å². The van der Waals surface area contributed by atoms with Gasteiger partial charge in [0.15, 0.2) is 9.84 Å². The average Bonchev–Trinajstić information content (AvgIpc) is 2.93. The number of halogens is 1. The van der Waals surface area contributed by atoms with Crippen molar-refractivity contribution in [1.82, 2.24) is 10.2 Å². The van der Waals surface area contributed by atoms with Gasteiger partial charge in [0.25, 0.3) is 0 Å². The highest BCUT2D eigenvalue weighted by Gasteiger charge is 2.42. The predicted octanol–water partition coefficient (Wildman–Crippen LogP) is 1.53. The largest absolute Gasteiger partial charge is 0.466 e. The topological polar surface area (TPSA) is 92.8 Å². The molecule has 1 saturated heterocycles. The van der Waals surface area contributed by atoms with E-state index in [1.54, 1.807) is 13.0 Å². The number of hydrogen-bond acceptors (Lipinski definition) is 5. The molecule has 1 N–H and O–H groups in total. The number of carbonyl (C=O) groups excluding carboxylic acids is 2. The monoisotopic (exact) mass is 382 g/mol. The second kappa shape index (κ2) is 6.71. The van der Waals surface area contributed by atoms with Crippen molar-refractivity contribution in [3.05, 3.63) is 46.9 Å². The fourth-order valence-electron chi connectivity index (χ4n) is 3.49. The molecule has 0 radical (unpaired) electrons. The van der Waals surface area contributed by atoms with Gasteiger partial charge in [0.1, 0.15) is 5.82 Å². The molecule has 0 aromatic heterocycles. The molecule has 0 aliphatic carbocycles. The zero-order valence-electron chi connectivity index (χ0n) is 14.4. The number of benzene rings is 1. The number of sulfone groups is 1. The average molecular weight is 382 g/mol. The first-order valence-electron chi connectivity index (χ1n) is 8.08.